The molecule has 0 aromatic carbocycles. The Hall–Kier alpha value is -1.90. The number of hydrogen-bond donors (Lipinski definition) is 5. The van der Waals surface area contributed by atoms with Crippen LogP contribution in [-0.4, -0.2) is 90.5 Å². The van der Waals surface area contributed by atoms with Gasteiger partial charge >= 0.3 is 7.75 Å². The summed E-state index contributed by atoms with van der Waals surface area (Å²) < 4.78 is 30.8. The van der Waals surface area contributed by atoms with E-state index in [9.17, 15) is 24.5 Å². The van der Waals surface area contributed by atoms with Gasteiger partial charge in [0.1, 0.15) is 18.3 Å². The number of imidazole rings is 1. The normalized spacial score (nSPS) is 30.6. The van der Waals surface area contributed by atoms with Crippen molar-refractivity contribution in [1.82, 2.24) is 24.2 Å². The van der Waals surface area contributed by atoms with Crippen molar-refractivity contribution in [3.63, 3.8) is 0 Å². The number of aliphatic hydroxyl groups is 2. The molecule has 2 unspecified atom stereocenters. The summed E-state index contributed by atoms with van der Waals surface area (Å²) in [6.07, 6.45) is -3.88. The molecule has 4 heterocycles. The predicted molar refractivity (Wildman–Crippen MR) is 96.7 cm³/mol. The van der Waals surface area contributed by atoms with Crippen LogP contribution in [0.5, 0.6) is 0 Å². The van der Waals surface area contributed by atoms with E-state index in [1.54, 1.807) is 0 Å². The van der Waals surface area contributed by atoms with E-state index in [2.05, 4.69) is 15.0 Å². The number of nitrogen functional groups attached to an aromatic ring is 1. The first kappa shape index (κ1) is 20.4. The Morgan fingerprint density at radius 1 is 1.34 bits per heavy atom. The third-order valence-corrected chi connectivity index (χ3v) is 6.41. The van der Waals surface area contributed by atoms with E-state index in [1.807, 2.05) is 0 Å². The van der Waals surface area contributed by atoms with Crippen LogP contribution in [0, 0.1) is 0 Å². The van der Waals surface area contributed by atoms with E-state index in [0.29, 0.717) is 13.2 Å². The van der Waals surface area contributed by atoms with Crippen LogP contribution in [0.3, 0.4) is 0 Å². The fourth-order valence-corrected chi connectivity index (χ4v) is 4.46. The molecule has 6 N–H and O–H groups in total. The average molecular weight is 432 g/mol. The van der Waals surface area contributed by atoms with E-state index in [4.69, 9.17) is 19.7 Å². The molecule has 0 bridgehead atoms. The molecule has 2 saturated heterocycles. The predicted octanol–water partition coefficient (Wildman–Crippen LogP) is -2.23. The SMILES string of the molecule is Nc1nc2c(ncn2[C@@H]2O[C@H](COP(=O)(O)N3CCOCC3)[C@H](O)C2O)c(=O)[nH]1. The van der Waals surface area contributed by atoms with Crippen LogP contribution in [0.15, 0.2) is 11.1 Å². The minimum absolute atomic E-state index is 0.0173. The molecule has 0 saturated carbocycles. The molecule has 5 atom stereocenters. The van der Waals surface area contributed by atoms with E-state index in [1.165, 1.54) is 15.6 Å². The monoisotopic (exact) mass is 432 g/mol. The second-order valence-electron chi connectivity index (χ2n) is 6.67. The maximum absolute atomic E-state index is 12.4. The number of morpholine rings is 1. The summed E-state index contributed by atoms with van der Waals surface area (Å²) in [5.41, 5.74) is 5.03. The fraction of sp³-hybridized carbons (Fsp3) is 0.643. The summed E-state index contributed by atoms with van der Waals surface area (Å²) in [6, 6.07) is 0. The molecule has 2 aromatic heterocycles. The van der Waals surface area contributed by atoms with Gasteiger partial charge in [0.15, 0.2) is 17.4 Å². The van der Waals surface area contributed by atoms with Crippen molar-refractivity contribution in [2.24, 2.45) is 0 Å². The molecule has 14 nitrogen and oxygen atoms in total. The van der Waals surface area contributed by atoms with Crippen LogP contribution in [0.4, 0.5) is 5.95 Å². The summed E-state index contributed by atoms with van der Waals surface area (Å²) in [6.45, 7) is 0.634. The van der Waals surface area contributed by atoms with Gasteiger partial charge in [0.05, 0.1) is 26.1 Å². The van der Waals surface area contributed by atoms with E-state index < -0.39 is 44.5 Å². The molecule has 2 fully saturated rings. The quantitative estimate of drug-likeness (QED) is 0.319. The van der Waals surface area contributed by atoms with E-state index in [-0.39, 0.29) is 30.2 Å². The lowest BCUT2D eigenvalue weighted by Crippen LogP contribution is -2.36. The standard InChI is InChI=1S/C14H21N6O8P/c15-14-17-11-8(12(23)18-14)16-6-20(11)13-10(22)9(21)7(28-13)5-27-29(24,25)19-1-3-26-4-2-19/h6-7,9-10,13,21-22H,1-5H2,(H,24,25)(H3,15,17,18,23)/t7-,9+,10?,13-/m1/s1. The van der Waals surface area contributed by atoms with Crippen molar-refractivity contribution in [3.05, 3.63) is 16.7 Å². The fourth-order valence-electron chi connectivity index (χ4n) is 3.28. The molecule has 0 amide bonds. The van der Waals surface area contributed by atoms with Gasteiger partial charge in [-0.05, 0) is 0 Å². The lowest BCUT2D eigenvalue weighted by Gasteiger charge is -2.30. The molecule has 2 aliphatic heterocycles. The first-order chi connectivity index (χ1) is 13.8. The highest BCUT2D eigenvalue weighted by molar-refractivity contribution is 7.50. The molecule has 29 heavy (non-hydrogen) atoms. The number of H-pyrrole nitrogens is 1. The van der Waals surface area contributed by atoms with E-state index in [0.717, 1.165) is 0 Å². The zero-order valence-corrected chi connectivity index (χ0v) is 16.0. The number of hydrogen-bond acceptors (Lipinski definition) is 10. The molecule has 0 spiro atoms. The van der Waals surface area contributed by atoms with Crippen LogP contribution in [0.25, 0.3) is 11.2 Å². The van der Waals surface area contributed by atoms with Gasteiger partial charge in [-0.2, -0.15) is 4.98 Å². The molecule has 0 aliphatic carbocycles. The maximum Gasteiger partial charge on any atom is 0.405 e. The lowest BCUT2D eigenvalue weighted by atomic mass is 10.1. The Bertz CT molecular complexity index is 990. The molecule has 160 valence electrons. The van der Waals surface area contributed by atoms with Crippen LogP contribution < -0.4 is 11.3 Å². The Kier molecular flexibility index (Phi) is 5.44. The van der Waals surface area contributed by atoms with Gasteiger partial charge in [0.2, 0.25) is 5.95 Å². The average Bonchev–Trinajstić information content (AvgIpc) is 3.23. The molecule has 2 aliphatic rings. The summed E-state index contributed by atoms with van der Waals surface area (Å²) in [5, 5.41) is 20.7. The number of aromatic nitrogens is 4. The number of nitrogens with two attached hydrogens (primary N) is 1. The molecule has 2 aromatic rings. The van der Waals surface area contributed by atoms with E-state index >= 15 is 0 Å². The van der Waals surface area contributed by atoms with Crippen molar-refractivity contribution < 1.29 is 33.7 Å². The van der Waals surface area contributed by atoms with Gasteiger partial charge in [-0.3, -0.25) is 18.9 Å². The second-order valence-corrected chi connectivity index (χ2v) is 8.48. The van der Waals surface area contributed by atoms with Gasteiger partial charge in [-0.1, -0.05) is 0 Å². The van der Waals surface area contributed by atoms with Crippen molar-refractivity contribution in [2.45, 2.75) is 24.5 Å². The summed E-state index contributed by atoms with van der Waals surface area (Å²) in [7, 11) is -4.11. The molecular formula is C14H21N6O8P. The summed E-state index contributed by atoms with van der Waals surface area (Å²) in [5.74, 6) is -0.149. The molecule has 0 radical (unpaired) electrons. The van der Waals surface area contributed by atoms with Gasteiger partial charge in [0.25, 0.3) is 5.56 Å². The largest absolute Gasteiger partial charge is 0.405 e. The minimum Gasteiger partial charge on any atom is -0.387 e. The number of anilines is 1. The maximum atomic E-state index is 12.4. The molecular weight excluding hydrogens is 411 g/mol. The first-order valence-electron chi connectivity index (χ1n) is 8.82. The number of aliphatic hydroxyl groups excluding tert-OH is 2. The number of nitrogens with one attached hydrogen (secondary N) is 1. The smallest absolute Gasteiger partial charge is 0.387 e. The van der Waals surface area contributed by atoms with Crippen LogP contribution in [-0.2, 0) is 18.6 Å². The Morgan fingerprint density at radius 2 is 2.07 bits per heavy atom. The zero-order valence-electron chi connectivity index (χ0n) is 15.1. The highest BCUT2D eigenvalue weighted by Gasteiger charge is 2.45. The highest BCUT2D eigenvalue weighted by atomic mass is 31.2. The van der Waals surface area contributed by atoms with Gasteiger partial charge in [-0.25, -0.2) is 14.2 Å². The topological polar surface area (TPSA) is 198 Å². The minimum atomic E-state index is -4.11. The summed E-state index contributed by atoms with van der Waals surface area (Å²) >= 11 is 0. The second kappa shape index (κ2) is 7.74. The van der Waals surface area contributed by atoms with Crippen LogP contribution in [0.1, 0.15) is 6.23 Å². The zero-order chi connectivity index (χ0) is 20.8. The highest BCUT2D eigenvalue weighted by Crippen LogP contribution is 2.47. The van der Waals surface area contributed by atoms with Crippen LogP contribution >= 0.6 is 7.75 Å². The van der Waals surface area contributed by atoms with Gasteiger partial charge in [-0.15, -0.1) is 0 Å². The number of fused-ring (bicyclic) bond motifs is 1. The van der Waals surface area contributed by atoms with Gasteiger partial charge < -0.3 is 30.3 Å². The van der Waals surface area contributed by atoms with Crippen molar-refractivity contribution >= 4 is 24.9 Å². The number of ether oxygens (including phenoxy) is 2. The lowest BCUT2D eigenvalue weighted by molar-refractivity contribution is -0.0507. The third-order valence-electron chi connectivity index (χ3n) is 4.81. The Balaban J connectivity index is 1.50. The van der Waals surface area contributed by atoms with Crippen molar-refractivity contribution in [1.29, 1.82) is 0 Å². The summed E-state index contributed by atoms with van der Waals surface area (Å²) in [4.78, 5) is 32.3. The van der Waals surface area contributed by atoms with Crippen molar-refractivity contribution in [3.8, 4) is 0 Å². The third kappa shape index (κ3) is 3.81. The van der Waals surface area contributed by atoms with Crippen LogP contribution in [0.2, 0.25) is 0 Å². The van der Waals surface area contributed by atoms with Gasteiger partial charge in [0, 0.05) is 13.1 Å². The molecule has 4 rings (SSSR count). The number of aromatic amines is 1. The number of rotatable bonds is 5. The first-order valence-corrected chi connectivity index (χ1v) is 10.4. The Labute approximate surface area is 163 Å². The molecule has 15 heteroatoms. The van der Waals surface area contributed by atoms with Crippen molar-refractivity contribution in [2.75, 3.05) is 38.6 Å². The number of nitrogens with zero attached hydrogens (tertiary/aromatic N) is 4. The Morgan fingerprint density at radius 3 is 2.79 bits per heavy atom.